The van der Waals surface area contributed by atoms with E-state index in [4.69, 9.17) is 14.2 Å². The van der Waals surface area contributed by atoms with Gasteiger partial charge < -0.3 is 19.5 Å². The number of benzene rings is 6. The predicted molar refractivity (Wildman–Crippen MR) is 260 cm³/mol. The predicted octanol–water partition coefficient (Wildman–Crippen LogP) is 13.3. The average molecular weight is 872 g/mol. The Labute approximate surface area is 386 Å². The third-order valence-corrected chi connectivity index (χ3v) is 12.0. The lowest BCUT2D eigenvalue weighted by Gasteiger charge is -2.39. The molecule has 0 heterocycles. The molecule has 0 spiro atoms. The van der Waals surface area contributed by atoms with Crippen LogP contribution in [0.25, 0.3) is 0 Å². The smallest absolute Gasteiger partial charge is 0.338 e. The van der Waals surface area contributed by atoms with Gasteiger partial charge in [-0.25, -0.2) is 9.59 Å². The number of unbranched alkanes of at least 4 members (excludes halogenated alkanes) is 11. The molecule has 7 heteroatoms. The van der Waals surface area contributed by atoms with Crippen molar-refractivity contribution in [2.75, 3.05) is 6.61 Å². The first kappa shape index (κ1) is 48.2. The minimum atomic E-state index is -1.17. The molecule has 0 saturated heterocycles. The van der Waals surface area contributed by atoms with E-state index in [0.717, 1.165) is 36.0 Å². The monoisotopic (exact) mass is 871 g/mol. The molecular formula is C58H65NO6. The fourth-order valence-electron chi connectivity index (χ4n) is 8.48. The second kappa shape index (κ2) is 26.5. The molecule has 338 valence electrons. The van der Waals surface area contributed by atoms with Crippen LogP contribution in [-0.4, -0.2) is 42.7 Å². The molecule has 6 aromatic carbocycles. The van der Waals surface area contributed by atoms with Crippen molar-refractivity contribution in [2.45, 2.75) is 114 Å². The summed E-state index contributed by atoms with van der Waals surface area (Å²) >= 11 is 0. The summed E-state index contributed by atoms with van der Waals surface area (Å²) in [5.74, 6) is -1.54. The summed E-state index contributed by atoms with van der Waals surface area (Å²) in [5, 5.41) is 3.22. The van der Waals surface area contributed by atoms with Crippen molar-refractivity contribution in [2.24, 2.45) is 0 Å². The highest BCUT2D eigenvalue weighted by Crippen LogP contribution is 2.41. The number of carbonyl (C=O) groups excluding carboxylic acids is 3. The van der Waals surface area contributed by atoms with Crippen molar-refractivity contribution in [1.29, 1.82) is 0 Å². The minimum absolute atomic E-state index is 0.137. The van der Waals surface area contributed by atoms with E-state index in [1.54, 1.807) is 72.8 Å². The number of rotatable bonds is 27. The average Bonchev–Trinajstić information content (AvgIpc) is 3.37. The van der Waals surface area contributed by atoms with Gasteiger partial charge in [-0.05, 0) is 65.9 Å². The first-order valence-electron chi connectivity index (χ1n) is 23.7. The fourth-order valence-corrected chi connectivity index (χ4v) is 8.48. The molecule has 6 aromatic rings. The van der Waals surface area contributed by atoms with Gasteiger partial charge in [0.1, 0.15) is 11.7 Å². The highest BCUT2D eigenvalue weighted by molar-refractivity contribution is 5.94. The molecule has 0 aromatic heterocycles. The number of hydrogen-bond acceptors (Lipinski definition) is 6. The Morgan fingerprint density at radius 2 is 0.800 bits per heavy atom. The van der Waals surface area contributed by atoms with Crippen LogP contribution in [0, 0.1) is 0 Å². The second-order valence-electron chi connectivity index (χ2n) is 16.8. The van der Waals surface area contributed by atoms with Gasteiger partial charge in [-0.15, -0.1) is 0 Å². The lowest BCUT2D eigenvalue weighted by molar-refractivity contribution is -0.0749. The molecule has 0 saturated carbocycles. The zero-order chi connectivity index (χ0) is 45.4. The quantitative estimate of drug-likeness (QED) is 0.0315. The number of hydrogen-bond donors (Lipinski definition) is 1. The number of nitrogens with one attached hydrogen (secondary N) is 1. The van der Waals surface area contributed by atoms with Crippen LogP contribution < -0.4 is 5.32 Å². The number of esters is 2. The Hall–Kier alpha value is -6.31. The zero-order valence-corrected chi connectivity index (χ0v) is 37.9. The fraction of sp³-hybridized carbons (Fsp3) is 0.328. The summed E-state index contributed by atoms with van der Waals surface area (Å²) in [6, 6.07) is 55.5. The van der Waals surface area contributed by atoms with E-state index >= 15 is 0 Å². The summed E-state index contributed by atoms with van der Waals surface area (Å²) in [6.45, 7) is 2.11. The van der Waals surface area contributed by atoms with Gasteiger partial charge in [0.15, 0.2) is 6.10 Å². The van der Waals surface area contributed by atoms with Crippen LogP contribution in [0.4, 0.5) is 0 Å². The summed E-state index contributed by atoms with van der Waals surface area (Å²) in [4.78, 5) is 42.8. The standard InChI is InChI=1S/C58H65NO6/c1-2-3-4-5-6-7-8-9-10-11-12-31-44-53(64-56(61)47-34-21-14-22-35-47)54(65-57(62)48-36-23-15-24-37-48)52(59-55(60)46-32-19-13-20-33-46)45-63-58(49-38-25-16-26-39-49,50-40-27-17-28-41-50)51-42-29-18-30-43-51/h13-30,32-43,52-54H,2-12,31,44-45H2,1H3,(H,59,60)/t52-,53+,54-/m0/s1. The molecule has 0 aliphatic carbocycles. The van der Waals surface area contributed by atoms with E-state index in [1.165, 1.54) is 51.4 Å². The van der Waals surface area contributed by atoms with Crippen molar-refractivity contribution in [1.82, 2.24) is 5.32 Å². The second-order valence-corrected chi connectivity index (χ2v) is 16.8. The van der Waals surface area contributed by atoms with E-state index < -0.39 is 35.8 Å². The third-order valence-electron chi connectivity index (χ3n) is 12.0. The van der Waals surface area contributed by atoms with E-state index in [9.17, 15) is 14.4 Å². The first-order chi connectivity index (χ1) is 32.0. The van der Waals surface area contributed by atoms with E-state index in [1.807, 2.05) is 109 Å². The van der Waals surface area contributed by atoms with Crippen LogP contribution in [0.15, 0.2) is 182 Å². The Bertz CT molecular complexity index is 2160. The molecule has 0 radical (unpaired) electrons. The largest absolute Gasteiger partial charge is 0.455 e. The lowest BCUT2D eigenvalue weighted by atomic mass is 9.80. The number of carbonyl (C=O) groups is 3. The van der Waals surface area contributed by atoms with Crippen molar-refractivity contribution in [3.05, 3.63) is 215 Å². The van der Waals surface area contributed by atoms with Gasteiger partial charge in [0.2, 0.25) is 0 Å². The molecule has 0 aliphatic rings. The van der Waals surface area contributed by atoms with Crippen molar-refractivity contribution in [3.8, 4) is 0 Å². The van der Waals surface area contributed by atoms with Crippen LogP contribution in [-0.2, 0) is 19.8 Å². The van der Waals surface area contributed by atoms with Gasteiger partial charge in [0.25, 0.3) is 5.91 Å². The first-order valence-corrected chi connectivity index (χ1v) is 23.7. The summed E-state index contributed by atoms with van der Waals surface area (Å²) in [6.07, 6.45) is 12.3. The topological polar surface area (TPSA) is 90.9 Å². The number of ether oxygens (including phenoxy) is 3. The molecule has 65 heavy (non-hydrogen) atoms. The van der Waals surface area contributed by atoms with Crippen LogP contribution in [0.5, 0.6) is 0 Å². The van der Waals surface area contributed by atoms with Crippen molar-refractivity contribution >= 4 is 17.8 Å². The van der Waals surface area contributed by atoms with Gasteiger partial charge >= 0.3 is 11.9 Å². The molecule has 6 rings (SSSR count). The van der Waals surface area contributed by atoms with E-state index in [2.05, 4.69) is 12.2 Å². The van der Waals surface area contributed by atoms with Gasteiger partial charge in [-0.3, -0.25) is 4.79 Å². The van der Waals surface area contributed by atoms with Crippen LogP contribution in [0.1, 0.15) is 138 Å². The lowest BCUT2D eigenvalue weighted by Crippen LogP contribution is -2.55. The third kappa shape index (κ3) is 14.3. The molecule has 7 nitrogen and oxygen atoms in total. The highest BCUT2D eigenvalue weighted by Gasteiger charge is 2.42. The maximum atomic E-state index is 14.4. The maximum absolute atomic E-state index is 14.4. The van der Waals surface area contributed by atoms with Gasteiger partial charge in [-0.2, -0.15) is 0 Å². The maximum Gasteiger partial charge on any atom is 0.338 e. The van der Waals surface area contributed by atoms with Crippen molar-refractivity contribution < 1.29 is 28.6 Å². The SMILES string of the molecule is CCCCCCCCCCCCCC[C@@H](OC(=O)c1ccccc1)[C@@H](OC(=O)c1ccccc1)[C@H](COC(c1ccccc1)(c1ccccc1)c1ccccc1)NC(=O)c1ccccc1. The van der Waals surface area contributed by atoms with Gasteiger partial charge in [-0.1, -0.05) is 223 Å². The normalized spacial score (nSPS) is 12.7. The molecule has 1 N–H and O–H groups in total. The van der Waals surface area contributed by atoms with E-state index in [0.29, 0.717) is 29.5 Å². The number of amides is 1. The Morgan fingerprint density at radius 1 is 0.446 bits per heavy atom. The molecule has 3 atom stereocenters. The zero-order valence-electron chi connectivity index (χ0n) is 37.9. The molecule has 1 amide bonds. The minimum Gasteiger partial charge on any atom is -0.455 e. The highest BCUT2D eigenvalue weighted by atomic mass is 16.6. The molecule has 0 unspecified atom stereocenters. The Morgan fingerprint density at radius 3 is 1.22 bits per heavy atom. The summed E-state index contributed by atoms with van der Waals surface area (Å²) < 4.78 is 20.4. The van der Waals surface area contributed by atoms with Crippen LogP contribution in [0.2, 0.25) is 0 Å². The molecular weight excluding hydrogens is 807 g/mol. The Kier molecular flexibility index (Phi) is 19.6. The molecule has 0 bridgehead atoms. The molecule has 0 aliphatic heterocycles. The van der Waals surface area contributed by atoms with Crippen molar-refractivity contribution in [3.63, 3.8) is 0 Å². The van der Waals surface area contributed by atoms with Crippen LogP contribution >= 0.6 is 0 Å². The Balaban J connectivity index is 1.37. The van der Waals surface area contributed by atoms with Gasteiger partial charge in [0.05, 0.1) is 23.8 Å². The molecule has 0 fully saturated rings. The summed E-state index contributed by atoms with van der Waals surface area (Å²) in [5.41, 5.74) is 2.56. The summed E-state index contributed by atoms with van der Waals surface area (Å²) in [7, 11) is 0. The van der Waals surface area contributed by atoms with Crippen LogP contribution in [0.3, 0.4) is 0 Å². The van der Waals surface area contributed by atoms with Gasteiger partial charge in [0, 0.05) is 5.56 Å². The van der Waals surface area contributed by atoms with E-state index in [-0.39, 0.29) is 12.5 Å².